The number of rotatable bonds is 5. The Morgan fingerprint density at radius 3 is 2.27 bits per heavy atom. The predicted octanol–water partition coefficient (Wildman–Crippen LogP) is 4.62. The number of carbonyl (C=O) groups excluding carboxylic acids is 2. The van der Waals surface area contributed by atoms with E-state index in [1.807, 2.05) is 0 Å². The molecule has 0 aromatic heterocycles. The highest BCUT2D eigenvalue weighted by Crippen LogP contribution is 2.28. The lowest BCUT2D eigenvalue weighted by molar-refractivity contribution is -0.135. The van der Waals surface area contributed by atoms with Crippen LogP contribution in [0.1, 0.15) is 27.7 Å². The highest BCUT2D eigenvalue weighted by molar-refractivity contribution is 6.26. The number of amides is 1. The molecule has 0 heterocycles. The van der Waals surface area contributed by atoms with Crippen LogP contribution in [-0.4, -0.2) is 33.3 Å². The summed E-state index contributed by atoms with van der Waals surface area (Å²) in [6.45, 7) is 7.03. The molecule has 0 saturated heterocycles. The zero-order valence-corrected chi connectivity index (χ0v) is 18.7. The molecule has 0 radical (unpaired) electrons. The fraction of sp³-hybridized carbons (Fsp3) is 0.364. The Morgan fingerprint density at radius 2 is 1.63 bits per heavy atom. The van der Waals surface area contributed by atoms with Gasteiger partial charge in [0.1, 0.15) is 11.1 Å². The van der Waals surface area contributed by atoms with Crippen LogP contribution in [0, 0.1) is 4.91 Å². The largest absolute Gasteiger partial charge is 0.453 e. The van der Waals surface area contributed by atoms with E-state index in [9.17, 15) is 14.5 Å². The smallest absolute Gasteiger partial charge is 0.294 e. The lowest BCUT2D eigenvalue weighted by Crippen LogP contribution is -2.31. The number of carbonyl (C=O) groups is 2. The minimum Gasteiger partial charge on any atom is -0.453 e. The van der Waals surface area contributed by atoms with E-state index in [1.54, 1.807) is 82.4 Å². The van der Waals surface area contributed by atoms with E-state index < -0.39 is 26.8 Å². The predicted molar refractivity (Wildman–Crippen MR) is 119 cm³/mol. The van der Waals surface area contributed by atoms with E-state index in [-0.39, 0.29) is 5.57 Å². The van der Waals surface area contributed by atoms with E-state index in [1.165, 1.54) is 6.08 Å². The number of nitrogens with one attached hydrogen (secondary N) is 1. The maximum Gasteiger partial charge on any atom is 0.294 e. The Balaban J connectivity index is 2.42. The maximum absolute atomic E-state index is 13.0. The van der Waals surface area contributed by atoms with Crippen molar-refractivity contribution in [2.24, 2.45) is 5.18 Å². The number of nitrogens with zero attached hydrogens (tertiary/aromatic N) is 1. The van der Waals surface area contributed by atoms with Gasteiger partial charge in [0.25, 0.3) is 12.4 Å². The maximum atomic E-state index is 13.0. The second-order valence-electron chi connectivity index (χ2n) is 8.00. The lowest BCUT2D eigenvalue weighted by atomic mass is 9.94. The first-order valence-corrected chi connectivity index (χ1v) is 9.97. The number of ether oxygens (including phenoxy) is 1. The van der Waals surface area contributed by atoms with Crippen LogP contribution in [0.15, 0.2) is 77.2 Å². The van der Waals surface area contributed by atoms with Crippen molar-refractivity contribution in [3.63, 3.8) is 0 Å². The monoisotopic (exact) mass is 450 g/mol. The average molecular weight is 451 g/mol. The van der Waals surface area contributed by atoms with Gasteiger partial charge >= 0.3 is 0 Å². The van der Waals surface area contributed by atoms with Crippen molar-refractivity contribution < 1.29 is 14.3 Å². The molecular weight excluding hydrogens is 427 g/mol. The molecule has 30 heavy (non-hydrogen) atoms. The standard InChI is InChI=1S/C22H24Cl2N2O4/c1-19(23)7-5-16(13-22(4,12-10-19)30-15-27)18(28)25-17-6-8-21(3,26-29)11-9-20(2,24)14-17/h5-15H,1-4H3,(H,25,28)/b7-5-,8-6-,11-9-,12-10-,16-13+,17-14+. The van der Waals surface area contributed by atoms with Gasteiger partial charge in [-0.15, -0.1) is 28.1 Å². The summed E-state index contributed by atoms with van der Waals surface area (Å²) in [6, 6.07) is 0. The van der Waals surface area contributed by atoms with Crippen molar-refractivity contribution in [3.05, 3.63) is 76.9 Å². The van der Waals surface area contributed by atoms with E-state index in [4.69, 9.17) is 27.9 Å². The van der Waals surface area contributed by atoms with Crippen LogP contribution in [0.4, 0.5) is 0 Å². The Kier molecular flexibility index (Phi) is 6.94. The molecule has 6 nitrogen and oxygen atoms in total. The first-order valence-electron chi connectivity index (χ1n) is 9.21. The Morgan fingerprint density at radius 1 is 0.967 bits per heavy atom. The highest BCUT2D eigenvalue weighted by Gasteiger charge is 2.28. The van der Waals surface area contributed by atoms with Crippen LogP contribution in [0.2, 0.25) is 0 Å². The number of halogens is 2. The van der Waals surface area contributed by atoms with Gasteiger partial charge in [-0.2, -0.15) is 0 Å². The number of allylic oxidation sites excluding steroid dienone is 5. The van der Waals surface area contributed by atoms with Crippen LogP contribution in [0.3, 0.4) is 0 Å². The SMILES string of the molecule is CC1(Cl)/C=C\C(C(=O)NC2=C/C(C)(Cl)/C=C\C(C)(N=O)/C=C\2)=C/C(C)(OC=O)/C=C\1. The molecule has 0 aromatic rings. The molecule has 2 aliphatic carbocycles. The molecule has 0 fully saturated rings. The third kappa shape index (κ3) is 6.54. The summed E-state index contributed by atoms with van der Waals surface area (Å²) in [5.41, 5.74) is -1.64. The zero-order valence-electron chi connectivity index (χ0n) is 17.2. The molecular formula is C22H24Cl2N2O4. The summed E-state index contributed by atoms with van der Waals surface area (Å²) in [6.07, 6.45) is 16.0. The van der Waals surface area contributed by atoms with Gasteiger partial charge in [0.2, 0.25) is 0 Å². The molecule has 2 aliphatic rings. The van der Waals surface area contributed by atoms with Crippen LogP contribution >= 0.6 is 23.2 Å². The molecule has 160 valence electrons. The average Bonchev–Trinajstić information content (AvgIpc) is 2.65. The van der Waals surface area contributed by atoms with Crippen molar-refractivity contribution in [1.82, 2.24) is 5.32 Å². The van der Waals surface area contributed by atoms with Gasteiger partial charge in [0.05, 0.1) is 9.75 Å². The van der Waals surface area contributed by atoms with Crippen LogP contribution in [-0.2, 0) is 14.3 Å². The molecule has 8 heteroatoms. The van der Waals surface area contributed by atoms with Gasteiger partial charge in [0, 0.05) is 11.3 Å². The minimum absolute atomic E-state index is 0.232. The number of hydrogen-bond donors (Lipinski definition) is 1. The normalized spacial score (nSPS) is 43.5. The third-order valence-corrected chi connectivity index (χ3v) is 5.06. The summed E-state index contributed by atoms with van der Waals surface area (Å²) < 4.78 is 5.16. The molecule has 0 aromatic carbocycles. The molecule has 4 unspecified atom stereocenters. The number of hydrogen-bond acceptors (Lipinski definition) is 5. The summed E-state index contributed by atoms with van der Waals surface area (Å²) in [7, 11) is 0. The molecule has 0 saturated carbocycles. The first kappa shape index (κ1) is 23.8. The molecule has 4 atom stereocenters. The van der Waals surface area contributed by atoms with Crippen LogP contribution in [0.25, 0.3) is 0 Å². The first-order chi connectivity index (χ1) is 13.8. The van der Waals surface area contributed by atoms with E-state index in [2.05, 4.69) is 10.5 Å². The Bertz CT molecular complexity index is 912. The summed E-state index contributed by atoms with van der Waals surface area (Å²) >= 11 is 12.9. The quantitative estimate of drug-likeness (QED) is 0.286. The lowest BCUT2D eigenvalue weighted by Gasteiger charge is -2.25. The molecule has 1 amide bonds. The van der Waals surface area contributed by atoms with Gasteiger partial charge in [0.15, 0.2) is 0 Å². The third-order valence-electron chi connectivity index (χ3n) is 4.57. The minimum atomic E-state index is -1.16. The fourth-order valence-electron chi connectivity index (χ4n) is 2.75. The van der Waals surface area contributed by atoms with Crippen molar-refractivity contribution in [3.8, 4) is 0 Å². The summed E-state index contributed by atoms with van der Waals surface area (Å²) in [5, 5.41) is 5.88. The van der Waals surface area contributed by atoms with Crippen molar-refractivity contribution >= 4 is 35.6 Å². The summed E-state index contributed by atoms with van der Waals surface area (Å²) in [4.78, 5) is 33.4. The second-order valence-corrected chi connectivity index (χ2v) is 9.63. The number of alkyl halides is 2. The van der Waals surface area contributed by atoms with Gasteiger partial charge in [-0.1, -0.05) is 35.6 Å². The fourth-order valence-corrected chi connectivity index (χ4v) is 3.05. The molecule has 0 spiro atoms. The second kappa shape index (κ2) is 8.74. The molecule has 2 rings (SSSR count). The van der Waals surface area contributed by atoms with Gasteiger partial charge in [-0.25, -0.2) is 0 Å². The number of nitroso groups, excluding NO2 is 1. The van der Waals surface area contributed by atoms with Gasteiger partial charge < -0.3 is 10.1 Å². The van der Waals surface area contributed by atoms with Gasteiger partial charge in [-0.3, -0.25) is 9.59 Å². The topological polar surface area (TPSA) is 84.8 Å². The summed E-state index contributed by atoms with van der Waals surface area (Å²) in [5.74, 6) is -0.469. The molecule has 1 N–H and O–H groups in total. The van der Waals surface area contributed by atoms with Crippen molar-refractivity contribution in [2.75, 3.05) is 0 Å². The molecule has 0 bridgehead atoms. The van der Waals surface area contributed by atoms with Gasteiger partial charge in [-0.05, 0) is 58.1 Å². The van der Waals surface area contributed by atoms with Crippen LogP contribution < -0.4 is 5.32 Å². The molecule has 0 aliphatic heterocycles. The van der Waals surface area contributed by atoms with E-state index in [0.717, 1.165) is 0 Å². The Hall–Kier alpha value is -2.44. The van der Waals surface area contributed by atoms with E-state index >= 15 is 0 Å². The van der Waals surface area contributed by atoms with Crippen LogP contribution in [0.5, 0.6) is 0 Å². The highest BCUT2D eigenvalue weighted by atomic mass is 35.5. The van der Waals surface area contributed by atoms with E-state index in [0.29, 0.717) is 12.2 Å². The van der Waals surface area contributed by atoms with Crippen molar-refractivity contribution in [2.45, 2.75) is 48.6 Å². The van der Waals surface area contributed by atoms with Crippen molar-refractivity contribution in [1.29, 1.82) is 0 Å². The zero-order chi connectivity index (χ0) is 22.6. The Labute approximate surface area is 186 Å².